The van der Waals surface area contributed by atoms with Gasteiger partial charge in [-0.25, -0.2) is 4.39 Å². The van der Waals surface area contributed by atoms with Crippen molar-refractivity contribution in [3.05, 3.63) is 35.1 Å². The molecule has 0 aromatic heterocycles. The molecule has 1 unspecified atom stereocenters. The molecule has 1 heterocycles. The topological polar surface area (TPSA) is 29.3 Å². The molecule has 1 fully saturated rings. The SMILES string of the molecule is CCC1CCN(Cc2cc(F)ccc2CN)C1. The second-order valence-electron chi connectivity index (χ2n) is 4.92. The van der Waals surface area contributed by atoms with Gasteiger partial charge in [-0.2, -0.15) is 0 Å². The summed E-state index contributed by atoms with van der Waals surface area (Å²) >= 11 is 0. The summed E-state index contributed by atoms with van der Waals surface area (Å²) in [4.78, 5) is 2.40. The van der Waals surface area contributed by atoms with Gasteiger partial charge in [0.15, 0.2) is 0 Å². The van der Waals surface area contributed by atoms with Crippen LogP contribution in [0.5, 0.6) is 0 Å². The minimum Gasteiger partial charge on any atom is -0.326 e. The summed E-state index contributed by atoms with van der Waals surface area (Å²) in [5.41, 5.74) is 7.79. The molecule has 2 N–H and O–H groups in total. The normalized spacial score (nSPS) is 21.0. The average Bonchev–Trinajstić information content (AvgIpc) is 2.77. The van der Waals surface area contributed by atoms with Crippen molar-refractivity contribution in [2.45, 2.75) is 32.9 Å². The lowest BCUT2D eigenvalue weighted by atomic mass is 10.1. The largest absolute Gasteiger partial charge is 0.326 e. The van der Waals surface area contributed by atoms with Gasteiger partial charge < -0.3 is 5.73 Å². The summed E-state index contributed by atoms with van der Waals surface area (Å²) in [7, 11) is 0. The first kappa shape index (κ1) is 12.5. The summed E-state index contributed by atoms with van der Waals surface area (Å²) in [6.07, 6.45) is 2.51. The standard InChI is InChI=1S/C14H21FN2/c1-2-11-5-6-17(9-11)10-13-7-14(15)4-3-12(13)8-16/h3-4,7,11H,2,5-6,8-10,16H2,1H3. The Kier molecular flexibility index (Phi) is 4.13. The van der Waals surface area contributed by atoms with Gasteiger partial charge in [0.2, 0.25) is 0 Å². The molecular weight excluding hydrogens is 215 g/mol. The van der Waals surface area contributed by atoms with Crippen molar-refractivity contribution in [2.75, 3.05) is 13.1 Å². The predicted octanol–water partition coefficient (Wildman–Crippen LogP) is 2.52. The van der Waals surface area contributed by atoms with Crippen molar-refractivity contribution < 1.29 is 4.39 Å². The van der Waals surface area contributed by atoms with E-state index in [-0.39, 0.29) is 5.82 Å². The number of likely N-dealkylation sites (tertiary alicyclic amines) is 1. The van der Waals surface area contributed by atoms with Crippen molar-refractivity contribution in [3.63, 3.8) is 0 Å². The molecule has 17 heavy (non-hydrogen) atoms. The van der Waals surface area contributed by atoms with E-state index in [2.05, 4.69) is 11.8 Å². The molecule has 1 saturated heterocycles. The molecule has 1 aliphatic rings. The molecular formula is C14H21FN2. The van der Waals surface area contributed by atoms with Gasteiger partial charge in [0.05, 0.1) is 0 Å². The van der Waals surface area contributed by atoms with Crippen LogP contribution in [0.25, 0.3) is 0 Å². The second-order valence-corrected chi connectivity index (χ2v) is 4.92. The quantitative estimate of drug-likeness (QED) is 0.870. The Bertz CT molecular complexity index is 378. The summed E-state index contributed by atoms with van der Waals surface area (Å²) in [5.74, 6) is 0.647. The third-order valence-corrected chi connectivity index (χ3v) is 3.73. The van der Waals surface area contributed by atoms with Crippen molar-refractivity contribution in [2.24, 2.45) is 11.7 Å². The molecule has 1 aliphatic heterocycles. The summed E-state index contributed by atoms with van der Waals surface area (Å²) in [6.45, 7) is 5.82. The first-order valence-corrected chi connectivity index (χ1v) is 6.42. The van der Waals surface area contributed by atoms with E-state index in [0.717, 1.165) is 36.7 Å². The molecule has 3 heteroatoms. The molecule has 94 valence electrons. The highest BCUT2D eigenvalue weighted by Crippen LogP contribution is 2.22. The lowest BCUT2D eigenvalue weighted by Crippen LogP contribution is -2.21. The minimum absolute atomic E-state index is 0.163. The predicted molar refractivity (Wildman–Crippen MR) is 68.0 cm³/mol. The van der Waals surface area contributed by atoms with Crippen molar-refractivity contribution in [1.29, 1.82) is 0 Å². The van der Waals surface area contributed by atoms with E-state index in [1.165, 1.54) is 18.9 Å². The Balaban J connectivity index is 2.05. The third kappa shape index (κ3) is 3.05. The summed E-state index contributed by atoms with van der Waals surface area (Å²) in [5, 5.41) is 0. The fourth-order valence-electron chi connectivity index (χ4n) is 2.57. The van der Waals surface area contributed by atoms with Crippen LogP contribution in [-0.2, 0) is 13.1 Å². The van der Waals surface area contributed by atoms with Crippen LogP contribution in [0.3, 0.4) is 0 Å². The highest BCUT2D eigenvalue weighted by Gasteiger charge is 2.21. The van der Waals surface area contributed by atoms with Crippen LogP contribution in [-0.4, -0.2) is 18.0 Å². The van der Waals surface area contributed by atoms with Crippen LogP contribution in [0.15, 0.2) is 18.2 Å². The molecule has 0 aliphatic carbocycles. The zero-order valence-corrected chi connectivity index (χ0v) is 10.5. The smallest absolute Gasteiger partial charge is 0.123 e. The molecule has 0 saturated carbocycles. The van der Waals surface area contributed by atoms with Crippen molar-refractivity contribution in [1.82, 2.24) is 4.90 Å². The van der Waals surface area contributed by atoms with E-state index in [0.29, 0.717) is 6.54 Å². The van der Waals surface area contributed by atoms with Crippen LogP contribution in [0.1, 0.15) is 30.9 Å². The van der Waals surface area contributed by atoms with E-state index >= 15 is 0 Å². The van der Waals surface area contributed by atoms with Crippen LogP contribution in [0.2, 0.25) is 0 Å². The molecule has 0 radical (unpaired) electrons. The number of nitrogens with zero attached hydrogens (tertiary/aromatic N) is 1. The molecule has 1 aromatic carbocycles. The van der Waals surface area contributed by atoms with Gasteiger partial charge in [0, 0.05) is 19.6 Å². The highest BCUT2D eigenvalue weighted by molar-refractivity contribution is 5.27. The lowest BCUT2D eigenvalue weighted by Gasteiger charge is -2.18. The summed E-state index contributed by atoms with van der Waals surface area (Å²) < 4.78 is 13.2. The van der Waals surface area contributed by atoms with E-state index < -0.39 is 0 Å². The number of hydrogen-bond acceptors (Lipinski definition) is 2. The van der Waals surface area contributed by atoms with Crippen LogP contribution < -0.4 is 5.73 Å². The molecule has 2 nitrogen and oxygen atoms in total. The maximum absolute atomic E-state index is 13.2. The lowest BCUT2D eigenvalue weighted by molar-refractivity contribution is 0.313. The molecule has 0 bridgehead atoms. The van der Waals surface area contributed by atoms with Crippen LogP contribution >= 0.6 is 0 Å². The maximum Gasteiger partial charge on any atom is 0.123 e. The highest BCUT2D eigenvalue weighted by atomic mass is 19.1. The van der Waals surface area contributed by atoms with Gasteiger partial charge in [0.25, 0.3) is 0 Å². The Morgan fingerprint density at radius 3 is 2.88 bits per heavy atom. The van der Waals surface area contributed by atoms with Gasteiger partial charge in [-0.05, 0) is 42.1 Å². The fourth-order valence-corrected chi connectivity index (χ4v) is 2.57. The van der Waals surface area contributed by atoms with Gasteiger partial charge in [-0.3, -0.25) is 4.90 Å². The van der Waals surface area contributed by atoms with Gasteiger partial charge in [0.1, 0.15) is 5.82 Å². The Labute approximate surface area is 103 Å². The molecule has 0 spiro atoms. The minimum atomic E-state index is -0.163. The first-order chi connectivity index (χ1) is 8.22. The third-order valence-electron chi connectivity index (χ3n) is 3.73. The van der Waals surface area contributed by atoms with E-state index in [1.807, 2.05) is 0 Å². The zero-order valence-electron chi connectivity index (χ0n) is 10.5. The zero-order chi connectivity index (χ0) is 12.3. The number of nitrogens with two attached hydrogens (primary N) is 1. The van der Waals surface area contributed by atoms with Crippen molar-refractivity contribution in [3.8, 4) is 0 Å². The molecule has 1 aromatic rings. The van der Waals surface area contributed by atoms with Gasteiger partial charge in [-0.1, -0.05) is 19.4 Å². The number of benzene rings is 1. The first-order valence-electron chi connectivity index (χ1n) is 6.42. The Hall–Kier alpha value is -0.930. The average molecular weight is 236 g/mol. The number of rotatable bonds is 4. The fraction of sp³-hybridized carbons (Fsp3) is 0.571. The maximum atomic E-state index is 13.2. The second kappa shape index (κ2) is 5.61. The van der Waals surface area contributed by atoms with Gasteiger partial charge >= 0.3 is 0 Å². The van der Waals surface area contributed by atoms with E-state index in [1.54, 1.807) is 12.1 Å². The van der Waals surface area contributed by atoms with Crippen LogP contribution in [0, 0.1) is 11.7 Å². The molecule has 0 amide bonds. The monoisotopic (exact) mass is 236 g/mol. The van der Waals surface area contributed by atoms with Gasteiger partial charge in [-0.15, -0.1) is 0 Å². The van der Waals surface area contributed by atoms with Crippen molar-refractivity contribution >= 4 is 0 Å². The summed E-state index contributed by atoms with van der Waals surface area (Å²) in [6, 6.07) is 4.92. The molecule has 1 atom stereocenters. The molecule has 2 rings (SSSR count). The van der Waals surface area contributed by atoms with E-state index in [4.69, 9.17) is 5.73 Å². The van der Waals surface area contributed by atoms with Crippen LogP contribution in [0.4, 0.5) is 4.39 Å². The number of halogens is 1. The Morgan fingerprint density at radius 2 is 2.24 bits per heavy atom. The number of hydrogen-bond donors (Lipinski definition) is 1. The Morgan fingerprint density at radius 1 is 1.41 bits per heavy atom. The van der Waals surface area contributed by atoms with E-state index in [9.17, 15) is 4.39 Å².